The van der Waals surface area contributed by atoms with Crippen molar-refractivity contribution in [2.45, 2.75) is 20.3 Å². The number of methoxy groups -OCH3 is 4. The van der Waals surface area contributed by atoms with Crippen molar-refractivity contribution in [1.29, 1.82) is 0 Å². The van der Waals surface area contributed by atoms with Gasteiger partial charge in [0, 0.05) is 22.5 Å². The molecule has 0 saturated carbocycles. The average molecular weight is 609 g/mol. The summed E-state index contributed by atoms with van der Waals surface area (Å²) in [6.07, 6.45) is 0.538. The highest BCUT2D eigenvalue weighted by molar-refractivity contribution is 6.36. The van der Waals surface area contributed by atoms with Crippen molar-refractivity contribution in [2.24, 2.45) is 0 Å². The summed E-state index contributed by atoms with van der Waals surface area (Å²) in [5.74, 6) is 2.64. The molecule has 0 saturated heterocycles. The molecular weight excluding hydrogens is 572 g/mol. The molecule has 0 spiro atoms. The number of hydrogen-bond donors (Lipinski definition) is 2. The topological polar surface area (TPSA) is 112 Å². The average Bonchev–Trinajstić information content (AvgIpc) is 3.62. The first kappa shape index (κ1) is 32.3. The number of para-hydroxylation sites is 2. The number of ketones is 1. The summed E-state index contributed by atoms with van der Waals surface area (Å²) in [5.41, 5.74) is 6.74. The number of allylic oxidation sites excluding steroid dienone is 1. The Morgan fingerprint density at radius 1 is 0.644 bits per heavy atom. The van der Waals surface area contributed by atoms with Crippen LogP contribution in [-0.4, -0.2) is 46.0 Å². The summed E-state index contributed by atoms with van der Waals surface area (Å²) in [4.78, 5) is 34.3. The Bertz CT molecular complexity index is 1730. The van der Waals surface area contributed by atoms with Gasteiger partial charge < -0.3 is 29.6 Å². The Labute approximate surface area is 262 Å². The lowest BCUT2D eigenvalue weighted by atomic mass is 9.96. The van der Waals surface area contributed by atoms with Crippen LogP contribution < -0.4 is 29.6 Å². The zero-order chi connectivity index (χ0) is 32.5. The van der Waals surface area contributed by atoms with Gasteiger partial charge in [0.15, 0.2) is 5.78 Å². The third kappa shape index (κ3) is 7.51. The number of carbonyl (C=O) groups is 3. The maximum Gasteiger partial charge on any atom is 0.256 e. The molecule has 0 radical (unpaired) electrons. The van der Waals surface area contributed by atoms with Crippen molar-refractivity contribution >= 4 is 40.1 Å². The van der Waals surface area contributed by atoms with Crippen LogP contribution in [0.2, 0.25) is 0 Å². The SMILES string of the molecule is COc1ccc(OC)c(C(C)=C2C(=O)Nc3ccccc32)c1.COc1ccc(OC)c(C(C)=O)c1.O=C1Cc2ccccc2N1. The summed E-state index contributed by atoms with van der Waals surface area (Å²) < 4.78 is 20.7. The predicted octanol–water partition coefficient (Wildman–Crippen LogP) is 6.67. The lowest BCUT2D eigenvalue weighted by Gasteiger charge is -2.12. The molecule has 4 aromatic rings. The number of fused-ring (bicyclic) bond motifs is 2. The third-order valence-electron chi connectivity index (χ3n) is 7.29. The number of ether oxygens (including phenoxy) is 4. The fourth-order valence-corrected chi connectivity index (χ4v) is 4.98. The van der Waals surface area contributed by atoms with Crippen LogP contribution in [-0.2, 0) is 16.0 Å². The minimum atomic E-state index is -0.0939. The van der Waals surface area contributed by atoms with E-state index >= 15 is 0 Å². The van der Waals surface area contributed by atoms with Crippen LogP contribution in [0.25, 0.3) is 11.1 Å². The van der Waals surface area contributed by atoms with Crippen LogP contribution >= 0.6 is 0 Å². The molecule has 2 heterocycles. The standard InChI is InChI=1S/C18H17NO3.C10H12O3.C8H7NO/c1-11(14-10-12(21-2)8-9-16(14)22-3)17-13-6-4-5-7-15(13)19-18(17)20;1-7(11)9-6-8(12-2)4-5-10(9)13-3;10-8-5-6-3-1-2-4-7(6)9-8/h4-10H,1-3H3,(H,19,20);4-6H,1-3H3;1-4H,5H2,(H,9,10). The molecule has 2 N–H and O–H groups in total. The number of nitrogens with one attached hydrogen (secondary N) is 2. The van der Waals surface area contributed by atoms with Gasteiger partial charge in [0.2, 0.25) is 5.91 Å². The van der Waals surface area contributed by atoms with Gasteiger partial charge in [-0.1, -0.05) is 36.4 Å². The largest absolute Gasteiger partial charge is 0.497 e. The summed E-state index contributed by atoms with van der Waals surface area (Å²) in [7, 11) is 6.33. The van der Waals surface area contributed by atoms with Gasteiger partial charge in [-0.2, -0.15) is 0 Å². The van der Waals surface area contributed by atoms with E-state index in [1.54, 1.807) is 39.5 Å². The molecule has 2 aliphatic heterocycles. The van der Waals surface area contributed by atoms with Crippen molar-refractivity contribution in [1.82, 2.24) is 0 Å². The highest BCUT2D eigenvalue weighted by Crippen LogP contribution is 2.40. The summed E-state index contributed by atoms with van der Waals surface area (Å²) in [6, 6.07) is 26.1. The highest BCUT2D eigenvalue weighted by atomic mass is 16.5. The number of hydrogen-bond acceptors (Lipinski definition) is 7. The number of amides is 2. The van der Waals surface area contributed by atoms with Crippen LogP contribution in [0.5, 0.6) is 23.0 Å². The molecule has 0 unspecified atom stereocenters. The molecule has 4 aromatic carbocycles. The second-order valence-corrected chi connectivity index (χ2v) is 10.1. The molecule has 0 bridgehead atoms. The molecule has 45 heavy (non-hydrogen) atoms. The fourth-order valence-electron chi connectivity index (χ4n) is 4.98. The maximum absolute atomic E-state index is 12.4. The van der Waals surface area contributed by atoms with Crippen molar-refractivity contribution in [3.63, 3.8) is 0 Å². The van der Waals surface area contributed by atoms with E-state index in [-0.39, 0.29) is 17.6 Å². The molecule has 0 atom stereocenters. The molecule has 0 aromatic heterocycles. The number of anilines is 2. The minimum absolute atomic E-state index is 0.0317. The van der Waals surface area contributed by atoms with E-state index in [0.717, 1.165) is 39.4 Å². The van der Waals surface area contributed by atoms with Gasteiger partial charge >= 0.3 is 0 Å². The maximum atomic E-state index is 12.4. The van der Waals surface area contributed by atoms with Gasteiger partial charge in [-0.25, -0.2) is 0 Å². The Morgan fingerprint density at radius 2 is 1.20 bits per heavy atom. The van der Waals surface area contributed by atoms with Crippen molar-refractivity contribution < 1.29 is 33.3 Å². The molecule has 2 aliphatic rings. The van der Waals surface area contributed by atoms with Crippen LogP contribution in [0.3, 0.4) is 0 Å². The van der Waals surface area contributed by atoms with Crippen molar-refractivity contribution in [3.8, 4) is 23.0 Å². The molecule has 9 nitrogen and oxygen atoms in total. The molecular formula is C36H36N2O7. The zero-order valence-electron chi connectivity index (χ0n) is 26.1. The first-order valence-corrected chi connectivity index (χ1v) is 14.1. The first-order valence-electron chi connectivity index (χ1n) is 14.1. The summed E-state index contributed by atoms with van der Waals surface area (Å²) in [6.45, 7) is 3.42. The Kier molecular flexibility index (Phi) is 10.6. The number of rotatable bonds is 6. The van der Waals surface area contributed by atoms with E-state index in [1.165, 1.54) is 14.0 Å². The lowest BCUT2D eigenvalue weighted by Crippen LogP contribution is -2.05. The van der Waals surface area contributed by atoms with E-state index in [0.29, 0.717) is 34.8 Å². The normalized spacial score (nSPS) is 13.4. The van der Waals surface area contributed by atoms with E-state index in [1.807, 2.05) is 73.7 Å². The molecule has 9 heteroatoms. The zero-order valence-corrected chi connectivity index (χ0v) is 26.1. The molecule has 2 amide bonds. The Morgan fingerprint density at radius 3 is 1.78 bits per heavy atom. The van der Waals surface area contributed by atoms with Crippen LogP contribution in [0.1, 0.15) is 40.9 Å². The van der Waals surface area contributed by atoms with E-state index in [2.05, 4.69) is 10.6 Å². The lowest BCUT2D eigenvalue weighted by molar-refractivity contribution is -0.115. The summed E-state index contributed by atoms with van der Waals surface area (Å²) >= 11 is 0. The molecule has 0 fully saturated rings. The van der Waals surface area contributed by atoms with E-state index in [4.69, 9.17) is 18.9 Å². The minimum Gasteiger partial charge on any atom is -0.497 e. The van der Waals surface area contributed by atoms with Crippen molar-refractivity contribution in [3.05, 3.63) is 107 Å². The molecule has 232 valence electrons. The summed E-state index contributed by atoms with van der Waals surface area (Å²) in [5, 5.41) is 5.65. The van der Waals surface area contributed by atoms with Crippen LogP contribution in [0.15, 0.2) is 84.9 Å². The second-order valence-electron chi connectivity index (χ2n) is 10.1. The Balaban J connectivity index is 0.000000169. The van der Waals surface area contributed by atoms with Gasteiger partial charge in [0.05, 0.1) is 46.0 Å². The van der Waals surface area contributed by atoms with Crippen molar-refractivity contribution in [2.75, 3.05) is 39.1 Å². The van der Waals surface area contributed by atoms with Gasteiger partial charge in [-0.15, -0.1) is 0 Å². The van der Waals surface area contributed by atoms with Crippen LogP contribution in [0.4, 0.5) is 11.4 Å². The van der Waals surface area contributed by atoms with E-state index in [9.17, 15) is 14.4 Å². The Hall–Kier alpha value is -5.57. The second kappa shape index (κ2) is 14.7. The van der Waals surface area contributed by atoms with Crippen LogP contribution in [0, 0.1) is 0 Å². The molecule has 6 rings (SSSR count). The number of Topliss-reactive ketones (excluding diaryl/α,β-unsaturated/α-hetero) is 1. The van der Waals surface area contributed by atoms with Gasteiger partial charge in [-0.3, -0.25) is 14.4 Å². The van der Waals surface area contributed by atoms with Gasteiger partial charge in [-0.05, 0) is 73.5 Å². The number of benzene rings is 4. The highest BCUT2D eigenvalue weighted by Gasteiger charge is 2.27. The quantitative estimate of drug-likeness (QED) is 0.186. The number of carbonyl (C=O) groups excluding carboxylic acids is 3. The predicted molar refractivity (Wildman–Crippen MR) is 175 cm³/mol. The first-order chi connectivity index (χ1) is 21.7. The van der Waals surface area contributed by atoms with Gasteiger partial charge in [0.1, 0.15) is 23.0 Å². The van der Waals surface area contributed by atoms with Gasteiger partial charge in [0.25, 0.3) is 5.91 Å². The monoisotopic (exact) mass is 608 g/mol. The fraction of sp³-hybridized carbons (Fsp3) is 0.194. The third-order valence-corrected chi connectivity index (χ3v) is 7.29. The molecule has 0 aliphatic carbocycles. The van der Waals surface area contributed by atoms with E-state index < -0.39 is 0 Å². The smallest absolute Gasteiger partial charge is 0.256 e.